The second-order valence-corrected chi connectivity index (χ2v) is 5.67. The van der Waals surface area contributed by atoms with Crippen LogP contribution in [-0.4, -0.2) is 32.9 Å². The molecule has 1 rings (SSSR count). The molecule has 0 spiro atoms. The monoisotopic (exact) mass is 279 g/mol. The first-order valence-electron chi connectivity index (χ1n) is 7.51. The highest BCUT2D eigenvalue weighted by Gasteiger charge is 2.11. The van der Waals surface area contributed by atoms with Gasteiger partial charge in [-0.2, -0.15) is 0 Å². The van der Waals surface area contributed by atoms with E-state index in [2.05, 4.69) is 51.2 Å². The normalized spacial score (nSPS) is 12.7. The molecule has 0 aromatic heterocycles. The number of hydrogen-bond acceptors (Lipinski definition) is 3. The molecular weight excluding hydrogens is 250 g/mol. The summed E-state index contributed by atoms with van der Waals surface area (Å²) < 4.78 is 11.1. The van der Waals surface area contributed by atoms with E-state index in [4.69, 9.17) is 9.47 Å². The van der Waals surface area contributed by atoms with Gasteiger partial charge in [-0.05, 0) is 49.9 Å². The van der Waals surface area contributed by atoms with E-state index in [1.165, 1.54) is 11.1 Å². The first-order valence-corrected chi connectivity index (χ1v) is 7.51. The van der Waals surface area contributed by atoms with Crippen molar-refractivity contribution in [1.29, 1.82) is 0 Å². The molecule has 0 aliphatic rings. The van der Waals surface area contributed by atoms with Crippen LogP contribution in [0, 0.1) is 6.92 Å². The predicted octanol–water partition coefficient (Wildman–Crippen LogP) is 3.51. The number of rotatable bonds is 9. The summed E-state index contributed by atoms with van der Waals surface area (Å²) in [7, 11) is 1.73. The number of aryl methyl sites for hydroxylation is 1. The molecule has 1 atom stereocenters. The maximum absolute atomic E-state index is 6.10. The largest absolute Gasteiger partial charge is 0.489 e. The zero-order valence-corrected chi connectivity index (χ0v) is 13.5. The summed E-state index contributed by atoms with van der Waals surface area (Å²) in [4.78, 5) is 0. The lowest BCUT2D eigenvalue weighted by atomic mass is 10.0. The Labute approximate surface area is 123 Å². The van der Waals surface area contributed by atoms with E-state index in [1.807, 2.05) is 0 Å². The Bertz CT molecular complexity index is 391. The highest BCUT2D eigenvalue weighted by Crippen LogP contribution is 2.28. The first-order chi connectivity index (χ1) is 9.54. The lowest BCUT2D eigenvalue weighted by molar-refractivity contribution is 0.188. The van der Waals surface area contributed by atoms with Crippen LogP contribution in [0.25, 0.3) is 0 Å². The van der Waals surface area contributed by atoms with Crippen molar-refractivity contribution in [2.24, 2.45) is 0 Å². The SMILES string of the molecule is COCCCNCC(C)Oc1cc(C)ccc1C(C)C. The minimum atomic E-state index is 0.164. The number of methoxy groups -OCH3 is 1. The summed E-state index contributed by atoms with van der Waals surface area (Å²) in [5, 5.41) is 3.40. The van der Waals surface area contributed by atoms with Crippen molar-refractivity contribution in [2.75, 3.05) is 26.8 Å². The highest BCUT2D eigenvalue weighted by molar-refractivity contribution is 5.39. The third kappa shape index (κ3) is 5.93. The van der Waals surface area contributed by atoms with Crippen molar-refractivity contribution in [3.8, 4) is 5.75 Å². The second kappa shape index (κ2) is 8.98. The van der Waals surface area contributed by atoms with Crippen molar-refractivity contribution >= 4 is 0 Å². The maximum atomic E-state index is 6.10. The maximum Gasteiger partial charge on any atom is 0.123 e. The summed E-state index contributed by atoms with van der Waals surface area (Å²) in [6.07, 6.45) is 1.20. The summed E-state index contributed by atoms with van der Waals surface area (Å²) in [5.74, 6) is 1.50. The average Bonchev–Trinajstić information content (AvgIpc) is 2.38. The minimum Gasteiger partial charge on any atom is -0.489 e. The quantitative estimate of drug-likeness (QED) is 0.702. The van der Waals surface area contributed by atoms with E-state index >= 15 is 0 Å². The summed E-state index contributed by atoms with van der Waals surface area (Å²) >= 11 is 0. The van der Waals surface area contributed by atoms with Gasteiger partial charge in [0, 0.05) is 20.3 Å². The molecule has 1 aromatic carbocycles. The van der Waals surface area contributed by atoms with Gasteiger partial charge in [-0.3, -0.25) is 0 Å². The number of nitrogens with one attached hydrogen (secondary N) is 1. The van der Waals surface area contributed by atoms with Crippen LogP contribution in [0.5, 0.6) is 5.75 Å². The molecular formula is C17H29NO2. The second-order valence-electron chi connectivity index (χ2n) is 5.67. The van der Waals surface area contributed by atoms with E-state index in [-0.39, 0.29) is 6.10 Å². The molecule has 0 aliphatic carbocycles. The molecule has 0 radical (unpaired) electrons. The molecule has 114 valence electrons. The Hall–Kier alpha value is -1.06. The van der Waals surface area contributed by atoms with E-state index in [0.29, 0.717) is 5.92 Å². The van der Waals surface area contributed by atoms with Gasteiger partial charge in [-0.15, -0.1) is 0 Å². The molecule has 1 aromatic rings. The van der Waals surface area contributed by atoms with Crippen molar-refractivity contribution < 1.29 is 9.47 Å². The molecule has 0 aliphatic heterocycles. The Morgan fingerprint density at radius 1 is 1.20 bits per heavy atom. The molecule has 0 amide bonds. The van der Waals surface area contributed by atoms with Crippen molar-refractivity contribution in [3.05, 3.63) is 29.3 Å². The fourth-order valence-corrected chi connectivity index (χ4v) is 2.13. The van der Waals surface area contributed by atoms with Crippen LogP contribution in [0.1, 0.15) is 44.2 Å². The van der Waals surface area contributed by atoms with Gasteiger partial charge in [0.15, 0.2) is 0 Å². The van der Waals surface area contributed by atoms with E-state index in [0.717, 1.165) is 31.9 Å². The average molecular weight is 279 g/mol. The summed E-state index contributed by atoms with van der Waals surface area (Å²) in [6, 6.07) is 6.46. The Balaban J connectivity index is 2.48. The summed E-state index contributed by atoms with van der Waals surface area (Å²) in [5.41, 5.74) is 2.52. The highest BCUT2D eigenvalue weighted by atomic mass is 16.5. The molecule has 20 heavy (non-hydrogen) atoms. The van der Waals surface area contributed by atoms with Gasteiger partial charge >= 0.3 is 0 Å². The van der Waals surface area contributed by atoms with Crippen LogP contribution in [0.15, 0.2) is 18.2 Å². The van der Waals surface area contributed by atoms with Gasteiger partial charge in [-0.25, -0.2) is 0 Å². The summed E-state index contributed by atoms with van der Waals surface area (Å²) in [6.45, 7) is 11.2. The Kier molecular flexibility index (Phi) is 7.63. The van der Waals surface area contributed by atoms with Gasteiger partial charge < -0.3 is 14.8 Å². The topological polar surface area (TPSA) is 30.5 Å². The van der Waals surface area contributed by atoms with Crippen LogP contribution < -0.4 is 10.1 Å². The van der Waals surface area contributed by atoms with Crippen LogP contribution in [-0.2, 0) is 4.74 Å². The molecule has 3 heteroatoms. The predicted molar refractivity (Wildman–Crippen MR) is 84.7 cm³/mol. The third-order valence-corrected chi connectivity index (χ3v) is 3.25. The fourth-order valence-electron chi connectivity index (χ4n) is 2.13. The Morgan fingerprint density at radius 3 is 2.60 bits per heavy atom. The first kappa shape index (κ1) is 17.0. The smallest absolute Gasteiger partial charge is 0.123 e. The number of benzene rings is 1. The molecule has 0 heterocycles. The van der Waals surface area contributed by atoms with Crippen molar-refractivity contribution in [3.63, 3.8) is 0 Å². The van der Waals surface area contributed by atoms with Crippen LogP contribution >= 0.6 is 0 Å². The van der Waals surface area contributed by atoms with E-state index in [9.17, 15) is 0 Å². The van der Waals surface area contributed by atoms with Gasteiger partial charge in [-0.1, -0.05) is 26.0 Å². The van der Waals surface area contributed by atoms with Crippen molar-refractivity contribution in [2.45, 2.75) is 46.1 Å². The molecule has 1 unspecified atom stereocenters. The van der Waals surface area contributed by atoms with Gasteiger partial charge in [0.2, 0.25) is 0 Å². The van der Waals surface area contributed by atoms with Crippen LogP contribution in [0.4, 0.5) is 0 Å². The fraction of sp³-hybridized carbons (Fsp3) is 0.647. The van der Waals surface area contributed by atoms with Crippen LogP contribution in [0.3, 0.4) is 0 Å². The Morgan fingerprint density at radius 2 is 1.95 bits per heavy atom. The zero-order valence-electron chi connectivity index (χ0n) is 13.5. The van der Waals surface area contributed by atoms with Gasteiger partial charge in [0.25, 0.3) is 0 Å². The van der Waals surface area contributed by atoms with Gasteiger partial charge in [0.1, 0.15) is 11.9 Å². The van der Waals surface area contributed by atoms with E-state index in [1.54, 1.807) is 7.11 Å². The zero-order chi connectivity index (χ0) is 15.0. The van der Waals surface area contributed by atoms with Crippen molar-refractivity contribution in [1.82, 2.24) is 5.32 Å². The molecule has 0 saturated carbocycles. The molecule has 0 bridgehead atoms. The minimum absolute atomic E-state index is 0.164. The molecule has 0 saturated heterocycles. The van der Waals surface area contributed by atoms with Crippen LogP contribution in [0.2, 0.25) is 0 Å². The lowest BCUT2D eigenvalue weighted by Gasteiger charge is -2.20. The number of hydrogen-bond donors (Lipinski definition) is 1. The number of ether oxygens (including phenoxy) is 2. The molecule has 3 nitrogen and oxygen atoms in total. The molecule has 1 N–H and O–H groups in total. The molecule has 0 fully saturated rings. The van der Waals surface area contributed by atoms with E-state index < -0.39 is 0 Å². The van der Waals surface area contributed by atoms with Gasteiger partial charge in [0.05, 0.1) is 0 Å². The lowest BCUT2D eigenvalue weighted by Crippen LogP contribution is -2.30. The third-order valence-electron chi connectivity index (χ3n) is 3.25. The standard InChI is InChI=1S/C17H29NO2/c1-13(2)16-8-7-14(3)11-17(16)20-15(4)12-18-9-6-10-19-5/h7-8,11,13,15,18H,6,9-10,12H2,1-5H3.